The summed E-state index contributed by atoms with van der Waals surface area (Å²) in [7, 11) is 0. The number of halogens is 1. The van der Waals surface area contributed by atoms with Crippen molar-refractivity contribution in [2.75, 3.05) is 13.2 Å². The highest BCUT2D eigenvalue weighted by molar-refractivity contribution is 6.31. The summed E-state index contributed by atoms with van der Waals surface area (Å²) in [5.74, 6) is -0.791. The molecule has 7 heteroatoms. The molecule has 0 fully saturated rings. The van der Waals surface area contributed by atoms with E-state index in [0.29, 0.717) is 18.2 Å². The van der Waals surface area contributed by atoms with Gasteiger partial charge in [0.05, 0.1) is 18.8 Å². The number of rotatable bonds is 9. The molecule has 0 bridgehead atoms. The molecule has 0 saturated carbocycles. The predicted molar refractivity (Wildman–Crippen MR) is 110 cm³/mol. The summed E-state index contributed by atoms with van der Waals surface area (Å²) in [6, 6.07) is 7.63. The van der Waals surface area contributed by atoms with Crippen LogP contribution in [-0.2, 0) is 20.9 Å². The summed E-state index contributed by atoms with van der Waals surface area (Å²) in [6.45, 7) is 6.63. The fourth-order valence-corrected chi connectivity index (χ4v) is 2.85. The maximum absolute atomic E-state index is 12.0. The molecule has 0 aliphatic heterocycles. The predicted octanol–water partition coefficient (Wildman–Crippen LogP) is 3.67. The number of esters is 1. The Bertz CT molecular complexity index is 859. The third-order valence-electron chi connectivity index (χ3n) is 4.28. The van der Waals surface area contributed by atoms with Crippen LogP contribution in [-0.4, -0.2) is 34.8 Å². The van der Waals surface area contributed by atoms with Crippen molar-refractivity contribution < 1.29 is 14.3 Å². The van der Waals surface area contributed by atoms with Crippen LogP contribution in [0.4, 0.5) is 0 Å². The molecular weight excluding hydrogens is 378 g/mol. The van der Waals surface area contributed by atoms with Crippen molar-refractivity contribution in [3.63, 3.8) is 0 Å². The number of hydrogen-bond donors (Lipinski definition) is 1. The maximum atomic E-state index is 12.0. The average molecular weight is 404 g/mol. The van der Waals surface area contributed by atoms with Gasteiger partial charge in [0.1, 0.15) is 6.54 Å². The van der Waals surface area contributed by atoms with Crippen LogP contribution in [0.2, 0.25) is 5.02 Å². The van der Waals surface area contributed by atoms with Crippen molar-refractivity contribution in [1.82, 2.24) is 15.1 Å². The first-order valence-corrected chi connectivity index (χ1v) is 9.69. The second-order valence-corrected chi connectivity index (χ2v) is 6.87. The Morgan fingerprint density at radius 2 is 2.04 bits per heavy atom. The van der Waals surface area contributed by atoms with Crippen molar-refractivity contribution in [1.29, 1.82) is 0 Å². The highest BCUT2D eigenvalue weighted by Crippen LogP contribution is 2.20. The van der Waals surface area contributed by atoms with Gasteiger partial charge in [-0.15, -0.1) is 0 Å². The molecule has 0 saturated heterocycles. The zero-order valence-electron chi connectivity index (χ0n) is 16.5. The average Bonchev–Trinajstić information content (AvgIpc) is 2.93. The van der Waals surface area contributed by atoms with Gasteiger partial charge in [0.25, 0.3) is 0 Å². The molecule has 2 rings (SSSR count). The zero-order chi connectivity index (χ0) is 20.5. The second-order valence-electron chi connectivity index (χ2n) is 6.46. The molecule has 28 heavy (non-hydrogen) atoms. The molecule has 1 aromatic carbocycles. The minimum atomic E-state index is -0.435. The van der Waals surface area contributed by atoms with Crippen LogP contribution in [0, 0.1) is 13.8 Å². The number of carbonyl (C=O) groups is 2. The SMILES string of the molecule is CCCCOC(=O)CNC(=O)/C=C/c1c(C)nn(Cc2ccccc2Cl)c1C. The van der Waals surface area contributed by atoms with Crippen LogP contribution in [0.15, 0.2) is 30.3 Å². The van der Waals surface area contributed by atoms with Crippen LogP contribution in [0.3, 0.4) is 0 Å². The fraction of sp³-hybridized carbons (Fsp3) is 0.381. The number of aromatic nitrogens is 2. The van der Waals surface area contributed by atoms with E-state index >= 15 is 0 Å². The van der Waals surface area contributed by atoms with Gasteiger partial charge in [0.2, 0.25) is 5.91 Å². The molecule has 0 unspecified atom stereocenters. The molecule has 150 valence electrons. The van der Waals surface area contributed by atoms with Crippen LogP contribution in [0.5, 0.6) is 0 Å². The number of nitrogens with zero attached hydrogens (tertiary/aromatic N) is 2. The van der Waals surface area contributed by atoms with Gasteiger partial charge in [-0.1, -0.05) is 43.1 Å². The largest absolute Gasteiger partial charge is 0.464 e. The van der Waals surface area contributed by atoms with Gasteiger partial charge in [0, 0.05) is 22.4 Å². The van der Waals surface area contributed by atoms with E-state index in [9.17, 15) is 9.59 Å². The van der Waals surface area contributed by atoms with E-state index in [2.05, 4.69) is 10.4 Å². The summed E-state index contributed by atoms with van der Waals surface area (Å²) in [4.78, 5) is 23.5. The lowest BCUT2D eigenvalue weighted by molar-refractivity contribution is -0.143. The van der Waals surface area contributed by atoms with Crippen molar-refractivity contribution in [2.24, 2.45) is 0 Å². The third-order valence-corrected chi connectivity index (χ3v) is 4.65. The highest BCUT2D eigenvalue weighted by Gasteiger charge is 2.11. The van der Waals surface area contributed by atoms with Gasteiger partial charge in [0.15, 0.2) is 0 Å². The van der Waals surface area contributed by atoms with Crippen molar-refractivity contribution >= 4 is 29.6 Å². The number of nitrogens with one attached hydrogen (secondary N) is 1. The number of carbonyl (C=O) groups excluding carboxylic acids is 2. The third kappa shape index (κ3) is 6.23. The van der Waals surface area contributed by atoms with Gasteiger partial charge < -0.3 is 10.1 Å². The number of hydrogen-bond acceptors (Lipinski definition) is 4. The number of unbranched alkanes of at least 4 members (excludes halogenated alkanes) is 1. The van der Waals surface area contributed by atoms with Crippen molar-refractivity contribution in [2.45, 2.75) is 40.2 Å². The topological polar surface area (TPSA) is 73.2 Å². The number of benzene rings is 1. The summed E-state index contributed by atoms with van der Waals surface area (Å²) in [5, 5.41) is 7.76. The lowest BCUT2D eigenvalue weighted by atomic mass is 10.1. The summed E-state index contributed by atoms with van der Waals surface area (Å²) in [6.07, 6.45) is 4.87. The first-order chi connectivity index (χ1) is 13.4. The van der Waals surface area contributed by atoms with Crippen LogP contribution >= 0.6 is 11.6 Å². The van der Waals surface area contributed by atoms with Gasteiger partial charge >= 0.3 is 5.97 Å². The van der Waals surface area contributed by atoms with E-state index in [4.69, 9.17) is 16.3 Å². The first-order valence-electron chi connectivity index (χ1n) is 9.31. The zero-order valence-corrected chi connectivity index (χ0v) is 17.3. The second kappa shape index (κ2) is 10.7. The highest BCUT2D eigenvalue weighted by atomic mass is 35.5. The number of amides is 1. The molecule has 2 aromatic rings. The quantitative estimate of drug-likeness (QED) is 0.394. The van der Waals surface area contributed by atoms with E-state index in [1.807, 2.05) is 49.7 Å². The Morgan fingerprint density at radius 1 is 1.29 bits per heavy atom. The molecule has 1 N–H and O–H groups in total. The van der Waals surface area contributed by atoms with Gasteiger partial charge in [-0.2, -0.15) is 5.10 Å². The minimum absolute atomic E-state index is 0.142. The van der Waals surface area contributed by atoms with Crippen molar-refractivity contribution in [3.05, 3.63) is 57.9 Å². The number of aryl methyl sites for hydroxylation is 1. The standard InChI is InChI=1S/C21H26ClN3O3/c1-4-5-12-28-21(27)13-23-20(26)11-10-18-15(2)24-25(16(18)3)14-17-8-6-7-9-19(17)22/h6-11H,4-5,12-14H2,1-3H3,(H,23,26)/b11-10+. The molecular formula is C21H26ClN3O3. The Balaban J connectivity index is 1.96. The molecule has 1 heterocycles. The summed E-state index contributed by atoms with van der Waals surface area (Å²) in [5.41, 5.74) is 3.59. The van der Waals surface area contributed by atoms with E-state index in [1.165, 1.54) is 6.08 Å². The molecule has 6 nitrogen and oxygen atoms in total. The van der Waals surface area contributed by atoms with E-state index < -0.39 is 5.97 Å². The van der Waals surface area contributed by atoms with Crippen LogP contribution in [0.25, 0.3) is 6.08 Å². The molecule has 0 aliphatic carbocycles. The van der Waals surface area contributed by atoms with Crippen molar-refractivity contribution in [3.8, 4) is 0 Å². The first kappa shape index (κ1) is 21.7. The normalized spacial score (nSPS) is 11.0. The molecule has 0 atom stereocenters. The molecule has 0 radical (unpaired) electrons. The van der Waals surface area contributed by atoms with Crippen LogP contribution < -0.4 is 5.32 Å². The van der Waals surface area contributed by atoms with Crippen LogP contribution in [0.1, 0.15) is 42.3 Å². The maximum Gasteiger partial charge on any atom is 0.325 e. The molecule has 0 aliphatic rings. The van der Waals surface area contributed by atoms with E-state index in [-0.39, 0.29) is 12.5 Å². The van der Waals surface area contributed by atoms with E-state index in [0.717, 1.165) is 35.4 Å². The minimum Gasteiger partial charge on any atom is -0.464 e. The Kier molecular flexibility index (Phi) is 8.26. The van der Waals surface area contributed by atoms with Gasteiger partial charge in [-0.05, 0) is 38.0 Å². The fourth-order valence-electron chi connectivity index (χ4n) is 2.65. The molecule has 1 aromatic heterocycles. The van der Waals surface area contributed by atoms with Gasteiger partial charge in [-0.3, -0.25) is 14.3 Å². The Morgan fingerprint density at radius 3 is 2.75 bits per heavy atom. The smallest absolute Gasteiger partial charge is 0.325 e. The molecule has 1 amide bonds. The summed E-state index contributed by atoms with van der Waals surface area (Å²) < 4.78 is 6.86. The Labute approximate surface area is 170 Å². The lowest BCUT2D eigenvalue weighted by Gasteiger charge is -2.06. The molecule has 0 spiro atoms. The lowest BCUT2D eigenvalue weighted by Crippen LogP contribution is -2.29. The van der Waals surface area contributed by atoms with Gasteiger partial charge in [-0.25, -0.2) is 0 Å². The number of ether oxygens (including phenoxy) is 1. The summed E-state index contributed by atoms with van der Waals surface area (Å²) >= 11 is 6.23. The Hall–Kier alpha value is -2.60. The monoisotopic (exact) mass is 403 g/mol. The van der Waals surface area contributed by atoms with E-state index in [1.54, 1.807) is 6.08 Å².